The number of aromatic nitrogens is 3. The van der Waals surface area contributed by atoms with Gasteiger partial charge in [0.1, 0.15) is 5.82 Å². The molecule has 0 spiro atoms. The second-order valence-corrected chi connectivity index (χ2v) is 11.2. The predicted octanol–water partition coefficient (Wildman–Crippen LogP) is 4.08. The number of amides is 1. The summed E-state index contributed by atoms with van der Waals surface area (Å²) in [6.45, 7) is 2.12. The zero-order chi connectivity index (χ0) is 24.5. The number of hydrogen-bond acceptors (Lipinski definition) is 6. The van der Waals surface area contributed by atoms with Gasteiger partial charge in [-0.25, -0.2) is 22.7 Å². The number of benzene rings is 2. The van der Waals surface area contributed by atoms with Crippen molar-refractivity contribution in [1.82, 2.24) is 18.8 Å². The molecule has 10 heteroatoms. The Labute approximate surface area is 203 Å². The number of nitrogens with one attached hydrogen (secondary N) is 1. The highest BCUT2D eigenvalue weighted by molar-refractivity contribution is 7.89. The molecule has 34 heavy (non-hydrogen) atoms. The molecule has 2 aromatic carbocycles. The minimum atomic E-state index is -3.54. The molecule has 0 aliphatic rings. The number of fused-ring (bicyclic) bond motifs is 1. The lowest BCUT2D eigenvalue weighted by molar-refractivity contribution is -0.116. The van der Waals surface area contributed by atoms with Crippen LogP contribution >= 0.6 is 11.3 Å². The minimum absolute atomic E-state index is 0.148. The molecule has 0 saturated carbocycles. The number of carbonyl (C=O) groups excluding carboxylic acids is 1. The average Bonchev–Trinajstić information content (AvgIpc) is 3.41. The molecule has 8 nitrogen and oxygen atoms in total. The van der Waals surface area contributed by atoms with E-state index in [-0.39, 0.29) is 17.2 Å². The molecule has 0 saturated heterocycles. The molecule has 4 rings (SSSR count). The number of imidazole rings is 1. The number of rotatable bonds is 8. The van der Waals surface area contributed by atoms with Crippen molar-refractivity contribution in [3.8, 4) is 11.3 Å². The second-order valence-electron chi connectivity index (χ2n) is 8.16. The van der Waals surface area contributed by atoms with E-state index in [1.807, 2.05) is 29.1 Å². The van der Waals surface area contributed by atoms with E-state index in [2.05, 4.69) is 34.3 Å². The molecule has 0 radical (unpaired) electrons. The van der Waals surface area contributed by atoms with Gasteiger partial charge in [-0.05, 0) is 30.2 Å². The quantitative estimate of drug-likeness (QED) is 0.396. The highest BCUT2D eigenvalue weighted by Crippen LogP contribution is 2.26. The van der Waals surface area contributed by atoms with Crippen molar-refractivity contribution < 1.29 is 13.2 Å². The summed E-state index contributed by atoms with van der Waals surface area (Å²) in [4.78, 5) is 21.8. The molecule has 0 fully saturated rings. The summed E-state index contributed by atoms with van der Waals surface area (Å²) in [6.07, 6.45) is 1.64. The molecule has 0 atom stereocenters. The average molecular weight is 498 g/mol. The van der Waals surface area contributed by atoms with Gasteiger partial charge >= 0.3 is 0 Å². The summed E-state index contributed by atoms with van der Waals surface area (Å²) in [6, 6.07) is 13.1. The highest BCUT2D eigenvalue weighted by atomic mass is 32.2. The van der Waals surface area contributed by atoms with Gasteiger partial charge in [0.25, 0.3) is 0 Å². The first-order valence-electron chi connectivity index (χ1n) is 10.9. The number of sulfonamides is 1. The van der Waals surface area contributed by atoms with Crippen LogP contribution in [0.5, 0.6) is 0 Å². The SMILES string of the molecule is CCc1ccc(-c2csc(NC(=O)CCc3nc4cc(S(=O)(=O)N(C)C)ccc4n3C)n2)cc1. The van der Waals surface area contributed by atoms with Crippen LogP contribution in [0.25, 0.3) is 22.3 Å². The maximum atomic E-state index is 12.5. The van der Waals surface area contributed by atoms with E-state index >= 15 is 0 Å². The molecule has 0 bridgehead atoms. The summed E-state index contributed by atoms with van der Waals surface area (Å²) in [5.41, 5.74) is 4.52. The zero-order valence-corrected chi connectivity index (χ0v) is 21.2. The van der Waals surface area contributed by atoms with Gasteiger partial charge in [0.2, 0.25) is 15.9 Å². The van der Waals surface area contributed by atoms with Crippen molar-refractivity contribution in [2.45, 2.75) is 31.1 Å². The summed E-state index contributed by atoms with van der Waals surface area (Å²) in [5, 5.41) is 5.36. The monoisotopic (exact) mass is 497 g/mol. The van der Waals surface area contributed by atoms with Gasteiger partial charge < -0.3 is 9.88 Å². The summed E-state index contributed by atoms with van der Waals surface area (Å²) >= 11 is 1.39. The number of thiazole rings is 1. The third-order valence-corrected chi connectivity index (χ3v) is 8.28. The Kier molecular flexibility index (Phi) is 6.83. The van der Waals surface area contributed by atoms with Gasteiger partial charge in [-0.2, -0.15) is 0 Å². The van der Waals surface area contributed by atoms with Crippen LogP contribution in [0.2, 0.25) is 0 Å². The fourth-order valence-electron chi connectivity index (χ4n) is 3.61. The van der Waals surface area contributed by atoms with E-state index in [4.69, 9.17) is 0 Å². The second kappa shape index (κ2) is 9.65. The fourth-order valence-corrected chi connectivity index (χ4v) is 5.26. The van der Waals surface area contributed by atoms with Gasteiger partial charge in [0, 0.05) is 44.9 Å². The Morgan fingerprint density at radius 1 is 1.12 bits per heavy atom. The Hall–Kier alpha value is -3.08. The predicted molar refractivity (Wildman–Crippen MR) is 135 cm³/mol. The number of nitrogens with zero attached hydrogens (tertiary/aromatic N) is 4. The van der Waals surface area contributed by atoms with E-state index < -0.39 is 10.0 Å². The number of carbonyl (C=O) groups is 1. The number of hydrogen-bond donors (Lipinski definition) is 1. The minimum Gasteiger partial charge on any atom is -0.331 e. The molecule has 0 aliphatic carbocycles. The van der Waals surface area contributed by atoms with E-state index in [1.54, 1.807) is 18.2 Å². The third kappa shape index (κ3) is 4.89. The van der Waals surface area contributed by atoms with Crippen molar-refractivity contribution in [3.63, 3.8) is 0 Å². The standard InChI is InChI=1S/C24H27N5O3S2/c1-5-16-6-8-17(9-7-16)20-15-33-24(26-20)27-23(30)13-12-22-25-19-14-18(34(31,32)28(2)3)10-11-21(19)29(22)4/h6-11,14-15H,5,12-13H2,1-4H3,(H,26,27,30). The molecule has 1 N–H and O–H groups in total. The first-order valence-corrected chi connectivity index (χ1v) is 13.2. The van der Waals surface area contributed by atoms with Gasteiger partial charge in [0.05, 0.1) is 21.6 Å². The Morgan fingerprint density at radius 3 is 2.53 bits per heavy atom. The first-order chi connectivity index (χ1) is 16.2. The molecular formula is C24H27N5O3S2. The van der Waals surface area contributed by atoms with Crippen LogP contribution in [-0.2, 0) is 34.7 Å². The van der Waals surface area contributed by atoms with Crippen molar-refractivity contribution in [2.75, 3.05) is 19.4 Å². The smallest absolute Gasteiger partial charge is 0.242 e. The third-order valence-electron chi connectivity index (χ3n) is 5.71. The normalized spacial score (nSPS) is 11.9. The Bertz CT molecular complexity index is 1440. The molecule has 0 aliphatic heterocycles. The highest BCUT2D eigenvalue weighted by Gasteiger charge is 2.19. The van der Waals surface area contributed by atoms with Crippen molar-refractivity contribution >= 4 is 43.4 Å². The van der Waals surface area contributed by atoms with Crippen molar-refractivity contribution in [3.05, 3.63) is 59.2 Å². The van der Waals surface area contributed by atoms with Crippen molar-refractivity contribution in [2.24, 2.45) is 7.05 Å². The first kappa shape index (κ1) is 24.1. The van der Waals surface area contributed by atoms with E-state index in [0.29, 0.717) is 22.9 Å². The van der Waals surface area contributed by atoms with Gasteiger partial charge in [-0.3, -0.25) is 4.79 Å². The van der Waals surface area contributed by atoms with Crippen LogP contribution in [-0.4, -0.2) is 47.3 Å². The van der Waals surface area contributed by atoms with Crippen LogP contribution in [0.4, 0.5) is 5.13 Å². The van der Waals surface area contributed by atoms with Gasteiger partial charge in [-0.1, -0.05) is 31.2 Å². The molecule has 0 unspecified atom stereocenters. The lowest BCUT2D eigenvalue weighted by Crippen LogP contribution is -2.22. The van der Waals surface area contributed by atoms with Crippen LogP contribution in [0, 0.1) is 0 Å². The molecular weight excluding hydrogens is 470 g/mol. The number of aryl methyl sites for hydroxylation is 3. The van der Waals surface area contributed by atoms with E-state index in [1.165, 1.54) is 35.3 Å². The molecule has 2 aromatic heterocycles. The maximum Gasteiger partial charge on any atom is 0.242 e. The maximum absolute atomic E-state index is 12.5. The Morgan fingerprint density at radius 2 is 1.85 bits per heavy atom. The Balaban J connectivity index is 1.42. The summed E-state index contributed by atoms with van der Waals surface area (Å²) < 4.78 is 27.9. The molecule has 2 heterocycles. The van der Waals surface area contributed by atoms with Crippen molar-refractivity contribution in [1.29, 1.82) is 0 Å². The summed E-state index contributed by atoms with van der Waals surface area (Å²) in [5.74, 6) is 0.561. The molecule has 1 amide bonds. The fraction of sp³-hybridized carbons (Fsp3) is 0.292. The number of anilines is 1. The van der Waals surface area contributed by atoms with Crippen LogP contribution in [0.15, 0.2) is 52.7 Å². The van der Waals surface area contributed by atoms with E-state index in [0.717, 1.165) is 23.2 Å². The molecule has 178 valence electrons. The molecule has 4 aromatic rings. The lowest BCUT2D eigenvalue weighted by atomic mass is 10.1. The summed E-state index contributed by atoms with van der Waals surface area (Å²) in [7, 11) is 1.31. The van der Waals surface area contributed by atoms with Crippen LogP contribution in [0.3, 0.4) is 0 Å². The largest absolute Gasteiger partial charge is 0.331 e. The topological polar surface area (TPSA) is 97.2 Å². The van der Waals surface area contributed by atoms with Gasteiger partial charge in [0.15, 0.2) is 5.13 Å². The van der Waals surface area contributed by atoms with Gasteiger partial charge in [-0.15, -0.1) is 11.3 Å². The van der Waals surface area contributed by atoms with Crippen LogP contribution in [0.1, 0.15) is 24.7 Å². The van der Waals surface area contributed by atoms with Crippen LogP contribution < -0.4 is 5.32 Å². The lowest BCUT2D eigenvalue weighted by Gasteiger charge is -2.10. The zero-order valence-electron chi connectivity index (χ0n) is 19.6. The van der Waals surface area contributed by atoms with E-state index in [9.17, 15) is 13.2 Å².